The zero-order chi connectivity index (χ0) is 39.9. The van der Waals surface area contributed by atoms with Crippen LogP contribution in [0.5, 0.6) is 6.01 Å². The molecule has 2 aliphatic rings. The number of ketones is 1. The first kappa shape index (κ1) is 39.9. The van der Waals surface area contributed by atoms with Gasteiger partial charge in [-0.25, -0.2) is 4.79 Å². The molecule has 3 aromatic carbocycles. The number of alkyl halides is 3. The van der Waals surface area contributed by atoms with Gasteiger partial charge in [0, 0.05) is 29.2 Å². The Morgan fingerprint density at radius 2 is 1.68 bits per heavy atom. The molecule has 1 aromatic heterocycles. The van der Waals surface area contributed by atoms with Crippen molar-refractivity contribution in [2.75, 3.05) is 30.4 Å². The number of aromatic nitrogens is 3. The molecular weight excluding hydrogens is 759 g/mol. The van der Waals surface area contributed by atoms with Gasteiger partial charge in [-0.2, -0.15) is 28.1 Å². The smallest absolute Gasteiger partial charge is 0.422 e. The molecule has 0 spiro atoms. The average molecular weight is 796 g/mol. The number of carboxylic acid groups (broad SMARTS) is 1. The van der Waals surface area contributed by atoms with Crippen LogP contribution in [0.25, 0.3) is 0 Å². The fraction of sp³-hybridized carbons (Fsp3) is 0.342. The molecule has 294 valence electrons. The number of aliphatic carboxylic acids is 1. The lowest BCUT2D eigenvalue weighted by atomic mass is 9.94. The Balaban J connectivity index is 1.02. The summed E-state index contributed by atoms with van der Waals surface area (Å²) in [5.74, 6) is -3.80. The van der Waals surface area contributed by atoms with Crippen molar-refractivity contribution in [2.24, 2.45) is 0 Å². The second-order valence-electron chi connectivity index (χ2n) is 13.3. The van der Waals surface area contributed by atoms with Crippen molar-refractivity contribution >= 4 is 52.8 Å². The molecule has 1 aliphatic carbocycles. The summed E-state index contributed by atoms with van der Waals surface area (Å²) >= 11 is 6.03. The summed E-state index contributed by atoms with van der Waals surface area (Å²) in [5.41, 5.74) is 2.88. The zero-order valence-corrected chi connectivity index (χ0v) is 30.5. The third kappa shape index (κ3) is 10.7. The van der Waals surface area contributed by atoms with Gasteiger partial charge in [0.2, 0.25) is 17.7 Å². The van der Waals surface area contributed by atoms with Crippen LogP contribution in [0.3, 0.4) is 0 Å². The summed E-state index contributed by atoms with van der Waals surface area (Å²) in [6.07, 6.45) is -2.70. The first-order chi connectivity index (χ1) is 26.8. The number of carbonyl (C=O) groups excluding carboxylic acids is 3. The Morgan fingerprint density at radius 1 is 0.964 bits per heavy atom. The van der Waals surface area contributed by atoms with E-state index < -0.39 is 53.9 Å². The molecular formula is C38H37ClF3N7O7. The minimum absolute atomic E-state index is 0.0383. The Hall–Kier alpha value is -5.81. The molecule has 18 heteroatoms. The average Bonchev–Trinajstić information content (AvgIpc) is 3.95. The number of ether oxygens (including phenoxy) is 2. The monoisotopic (exact) mass is 795 g/mol. The quantitative estimate of drug-likeness (QED) is 0.0825. The van der Waals surface area contributed by atoms with Crippen molar-refractivity contribution in [1.29, 1.82) is 0 Å². The van der Waals surface area contributed by atoms with Crippen molar-refractivity contribution in [2.45, 2.75) is 62.4 Å². The topological polar surface area (TPSA) is 194 Å². The highest BCUT2D eigenvalue weighted by Gasteiger charge is 2.45. The maximum Gasteiger partial charge on any atom is 0.422 e. The third-order valence-electron chi connectivity index (χ3n) is 9.18. The number of fused-ring (bicyclic) bond motifs is 1. The summed E-state index contributed by atoms with van der Waals surface area (Å²) in [7, 11) is 0. The molecule has 6 rings (SSSR count). The number of hydrogen-bond donors (Lipinski definition) is 5. The van der Waals surface area contributed by atoms with Crippen molar-refractivity contribution in [1.82, 2.24) is 25.6 Å². The van der Waals surface area contributed by atoms with E-state index in [-0.39, 0.29) is 43.0 Å². The van der Waals surface area contributed by atoms with Gasteiger partial charge in [-0.05, 0) is 85.2 Å². The normalized spacial score (nSPS) is 16.1. The molecule has 1 unspecified atom stereocenters. The van der Waals surface area contributed by atoms with E-state index in [2.05, 4.69) is 36.2 Å². The highest BCUT2D eigenvalue weighted by Crippen LogP contribution is 2.48. The molecule has 0 radical (unpaired) electrons. The van der Waals surface area contributed by atoms with Crippen LogP contribution in [0.15, 0.2) is 72.8 Å². The number of carboxylic acids is 1. The number of benzene rings is 3. The van der Waals surface area contributed by atoms with E-state index in [0.29, 0.717) is 36.6 Å². The third-order valence-corrected chi connectivity index (χ3v) is 9.43. The Morgan fingerprint density at radius 3 is 2.38 bits per heavy atom. The number of carbonyl (C=O) groups is 4. The molecule has 5 N–H and O–H groups in total. The highest BCUT2D eigenvalue weighted by molar-refractivity contribution is 6.36. The molecule has 1 aliphatic heterocycles. The number of anilines is 3. The largest absolute Gasteiger partial charge is 0.480 e. The standard InChI is InChI=1S/C38H37ClF3N7O7/c39-25-9-7-24(8-10-25)37(17-18-37)49-35-46-34(47-36(48-35)56-21-38(40,41)42)44-26-11-5-23(6-12-26)31(51)45-28(33(53)54)15-19-43-32(52)29(50)13-14-30-27-4-2-1-3-22(27)16-20-55-30/h1-12,28,30H,13-21H2,(H,43,52)(H,45,51)(H,53,54)(H2,44,46,47,48,49)/t28-,30?/m0/s1. The van der Waals surface area contributed by atoms with Crippen LogP contribution in [0, 0.1) is 0 Å². The van der Waals surface area contributed by atoms with E-state index in [1.165, 1.54) is 24.3 Å². The van der Waals surface area contributed by atoms with Gasteiger partial charge in [-0.15, -0.1) is 0 Å². The van der Waals surface area contributed by atoms with Crippen LogP contribution < -0.4 is 26.0 Å². The van der Waals surface area contributed by atoms with Gasteiger partial charge < -0.3 is 35.8 Å². The first-order valence-corrected chi connectivity index (χ1v) is 18.1. The van der Waals surface area contributed by atoms with E-state index in [9.17, 15) is 37.5 Å². The van der Waals surface area contributed by atoms with Crippen molar-refractivity contribution in [3.05, 3.63) is 100 Å². The SMILES string of the molecule is O=C(CCC1OCCc2ccccc21)C(=O)NCC[C@H](NC(=O)c1ccc(Nc2nc(NC3(c4ccc(Cl)cc4)CC3)nc(OCC(F)(F)F)n2)cc1)C(=O)O. The summed E-state index contributed by atoms with van der Waals surface area (Å²) in [6, 6.07) is 18.6. The van der Waals surface area contributed by atoms with E-state index in [0.717, 1.165) is 23.1 Å². The molecule has 4 aromatic rings. The lowest BCUT2D eigenvalue weighted by Crippen LogP contribution is -2.43. The van der Waals surface area contributed by atoms with Gasteiger partial charge in [0.05, 0.1) is 18.2 Å². The zero-order valence-electron chi connectivity index (χ0n) is 29.7. The number of amides is 2. The molecule has 14 nitrogen and oxygen atoms in total. The number of nitrogens with one attached hydrogen (secondary N) is 4. The van der Waals surface area contributed by atoms with Crippen molar-refractivity contribution in [3.8, 4) is 6.01 Å². The van der Waals surface area contributed by atoms with Gasteiger partial charge >= 0.3 is 18.2 Å². The van der Waals surface area contributed by atoms with Gasteiger partial charge in [-0.1, -0.05) is 48.0 Å². The molecule has 56 heavy (non-hydrogen) atoms. The Kier molecular flexibility index (Phi) is 12.3. The first-order valence-electron chi connectivity index (χ1n) is 17.7. The van der Waals surface area contributed by atoms with Gasteiger partial charge in [0.1, 0.15) is 6.04 Å². The van der Waals surface area contributed by atoms with E-state index in [4.69, 9.17) is 21.1 Å². The fourth-order valence-corrected chi connectivity index (χ4v) is 6.25. The number of hydrogen-bond acceptors (Lipinski definition) is 11. The van der Waals surface area contributed by atoms with E-state index in [1.807, 2.05) is 36.4 Å². The summed E-state index contributed by atoms with van der Waals surface area (Å²) in [5, 5.41) is 21.1. The van der Waals surface area contributed by atoms with Crippen LogP contribution in [0.2, 0.25) is 5.02 Å². The van der Waals surface area contributed by atoms with Crippen molar-refractivity contribution in [3.63, 3.8) is 0 Å². The van der Waals surface area contributed by atoms with Gasteiger partial charge in [0.25, 0.3) is 11.8 Å². The summed E-state index contributed by atoms with van der Waals surface area (Å²) in [4.78, 5) is 62.2. The van der Waals surface area contributed by atoms with Crippen LogP contribution in [0.4, 0.5) is 30.8 Å². The summed E-state index contributed by atoms with van der Waals surface area (Å²) in [6.45, 7) is -1.30. The molecule has 1 saturated carbocycles. The number of nitrogens with zero attached hydrogens (tertiary/aromatic N) is 3. The van der Waals surface area contributed by atoms with Gasteiger partial charge in [0.15, 0.2) is 6.61 Å². The predicted molar refractivity (Wildman–Crippen MR) is 197 cm³/mol. The number of rotatable bonds is 17. The predicted octanol–water partition coefficient (Wildman–Crippen LogP) is 5.66. The summed E-state index contributed by atoms with van der Waals surface area (Å²) < 4.78 is 49.5. The molecule has 2 amide bonds. The lowest BCUT2D eigenvalue weighted by molar-refractivity contribution is -0.154. The molecule has 1 fully saturated rings. The van der Waals surface area contributed by atoms with Crippen LogP contribution in [-0.4, -0.2) is 75.6 Å². The van der Waals surface area contributed by atoms with E-state index in [1.54, 1.807) is 12.1 Å². The second kappa shape index (κ2) is 17.3. The maximum absolute atomic E-state index is 13.0. The Bertz CT molecular complexity index is 2070. The number of Topliss-reactive ketones (excluding diaryl/α,β-unsaturated/α-hetero) is 1. The molecule has 0 bridgehead atoms. The molecule has 0 saturated heterocycles. The van der Waals surface area contributed by atoms with E-state index >= 15 is 0 Å². The van der Waals surface area contributed by atoms with Crippen LogP contribution in [0.1, 0.15) is 65.3 Å². The molecule has 2 atom stereocenters. The Labute approximate surface area is 323 Å². The number of halogens is 4. The van der Waals surface area contributed by atoms with Crippen LogP contribution >= 0.6 is 11.6 Å². The lowest BCUT2D eigenvalue weighted by Gasteiger charge is -2.25. The maximum atomic E-state index is 13.0. The van der Waals surface area contributed by atoms with Crippen LogP contribution in [-0.2, 0) is 31.1 Å². The van der Waals surface area contributed by atoms with Crippen molar-refractivity contribution < 1.29 is 46.9 Å². The van der Waals surface area contributed by atoms with Gasteiger partial charge in [-0.3, -0.25) is 14.4 Å². The highest BCUT2D eigenvalue weighted by atomic mass is 35.5. The molecule has 2 heterocycles. The fourth-order valence-electron chi connectivity index (χ4n) is 6.13. The minimum Gasteiger partial charge on any atom is -0.480 e. The minimum atomic E-state index is -4.64. The second-order valence-corrected chi connectivity index (χ2v) is 13.7.